The first-order valence-corrected chi connectivity index (χ1v) is 8.16. The van der Waals surface area contributed by atoms with E-state index in [-0.39, 0.29) is 0 Å². The molecule has 0 spiro atoms. The van der Waals surface area contributed by atoms with E-state index in [2.05, 4.69) is 39.9 Å². The SMILES string of the molecule is CC1CCC(C(C)C)C(NC2CCCC2(C)C)C1. The molecule has 2 aliphatic carbocycles. The van der Waals surface area contributed by atoms with Gasteiger partial charge in [-0.15, -0.1) is 0 Å². The highest BCUT2D eigenvalue weighted by molar-refractivity contribution is 4.95. The molecule has 2 saturated carbocycles. The molecular formula is C17H33N. The lowest BCUT2D eigenvalue weighted by atomic mass is 9.73. The Kier molecular flexibility index (Phi) is 4.41. The van der Waals surface area contributed by atoms with Gasteiger partial charge < -0.3 is 5.32 Å². The van der Waals surface area contributed by atoms with E-state index in [0.29, 0.717) is 5.41 Å². The second-order valence-electron chi connectivity index (χ2n) is 8.03. The Bertz CT molecular complexity index is 269. The van der Waals surface area contributed by atoms with Gasteiger partial charge in [0, 0.05) is 12.1 Å². The molecule has 4 unspecified atom stereocenters. The molecule has 0 bridgehead atoms. The van der Waals surface area contributed by atoms with Gasteiger partial charge in [0.1, 0.15) is 0 Å². The minimum absolute atomic E-state index is 0.516. The van der Waals surface area contributed by atoms with Crippen molar-refractivity contribution in [3.63, 3.8) is 0 Å². The maximum atomic E-state index is 4.07. The summed E-state index contributed by atoms with van der Waals surface area (Å²) in [4.78, 5) is 0. The van der Waals surface area contributed by atoms with Gasteiger partial charge in [-0.3, -0.25) is 0 Å². The van der Waals surface area contributed by atoms with Crippen molar-refractivity contribution in [1.29, 1.82) is 0 Å². The standard InChI is InChI=1S/C17H33N/c1-12(2)14-9-8-13(3)11-15(14)18-16-7-6-10-17(16,4)5/h12-16,18H,6-11H2,1-5H3. The lowest BCUT2D eigenvalue weighted by Gasteiger charge is -2.42. The van der Waals surface area contributed by atoms with E-state index in [9.17, 15) is 0 Å². The zero-order valence-electron chi connectivity index (χ0n) is 13.1. The Morgan fingerprint density at radius 2 is 1.83 bits per heavy atom. The Labute approximate surface area is 114 Å². The van der Waals surface area contributed by atoms with E-state index in [1.54, 1.807) is 0 Å². The van der Waals surface area contributed by atoms with Crippen molar-refractivity contribution < 1.29 is 0 Å². The molecule has 4 atom stereocenters. The molecule has 0 amide bonds. The highest BCUT2D eigenvalue weighted by Crippen LogP contribution is 2.40. The maximum absolute atomic E-state index is 4.07. The van der Waals surface area contributed by atoms with Crippen LogP contribution in [0.1, 0.15) is 73.1 Å². The smallest absolute Gasteiger partial charge is 0.0121 e. The van der Waals surface area contributed by atoms with E-state index < -0.39 is 0 Å². The van der Waals surface area contributed by atoms with Crippen LogP contribution < -0.4 is 5.32 Å². The molecule has 106 valence electrons. The molecule has 18 heavy (non-hydrogen) atoms. The second-order valence-corrected chi connectivity index (χ2v) is 8.03. The predicted octanol–water partition coefficient (Wildman–Crippen LogP) is 4.62. The first kappa shape index (κ1) is 14.4. The normalized spacial score (nSPS) is 40.3. The summed E-state index contributed by atoms with van der Waals surface area (Å²) in [5.41, 5.74) is 0.516. The van der Waals surface area contributed by atoms with Gasteiger partial charge in [0.2, 0.25) is 0 Å². The summed E-state index contributed by atoms with van der Waals surface area (Å²) < 4.78 is 0. The minimum Gasteiger partial charge on any atom is -0.310 e. The zero-order valence-corrected chi connectivity index (χ0v) is 13.1. The zero-order chi connectivity index (χ0) is 13.3. The summed E-state index contributed by atoms with van der Waals surface area (Å²) >= 11 is 0. The number of nitrogens with one attached hydrogen (secondary N) is 1. The van der Waals surface area contributed by atoms with E-state index in [4.69, 9.17) is 0 Å². The fourth-order valence-electron chi connectivity index (χ4n) is 4.29. The topological polar surface area (TPSA) is 12.0 Å². The monoisotopic (exact) mass is 251 g/mol. The highest BCUT2D eigenvalue weighted by atomic mass is 15.0. The van der Waals surface area contributed by atoms with Crippen molar-refractivity contribution in [3.05, 3.63) is 0 Å². The van der Waals surface area contributed by atoms with Crippen LogP contribution in [0.2, 0.25) is 0 Å². The third-order valence-corrected chi connectivity index (χ3v) is 5.69. The molecule has 1 nitrogen and oxygen atoms in total. The number of hydrogen-bond acceptors (Lipinski definition) is 1. The molecular weight excluding hydrogens is 218 g/mol. The summed E-state index contributed by atoms with van der Waals surface area (Å²) in [6.45, 7) is 12.2. The van der Waals surface area contributed by atoms with Crippen LogP contribution in [-0.4, -0.2) is 12.1 Å². The van der Waals surface area contributed by atoms with Crippen LogP contribution >= 0.6 is 0 Å². The molecule has 0 aromatic rings. The van der Waals surface area contributed by atoms with Crippen molar-refractivity contribution in [2.45, 2.75) is 85.2 Å². The Morgan fingerprint density at radius 1 is 1.11 bits per heavy atom. The summed E-state index contributed by atoms with van der Waals surface area (Å²) in [6.07, 6.45) is 8.48. The van der Waals surface area contributed by atoms with Crippen LogP contribution in [-0.2, 0) is 0 Å². The fourth-order valence-corrected chi connectivity index (χ4v) is 4.29. The van der Waals surface area contributed by atoms with E-state index in [1.807, 2.05) is 0 Å². The van der Waals surface area contributed by atoms with Gasteiger partial charge in [0.05, 0.1) is 0 Å². The summed E-state index contributed by atoms with van der Waals surface area (Å²) in [5, 5.41) is 4.07. The fraction of sp³-hybridized carbons (Fsp3) is 1.00. The van der Waals surface area contributed by atoms with Gasteiger partial charge in [-0.05, 0) is 48.9 Å². The van der Waals surface area contributed by atoms with Crippen LogP contribution in [0.4, 0.5) is 0 Å². The van der Waals surface area contributed by atoms with Gasteiger partial charge in [0.25, 0.3) is 0 Å². The number of rotatable bonds is 3. The van der Waals surface area contributed by atoms with Crippen LogP contribution in [0.25, 0.3) is 0 Å². The molecule has 2 fully saturated rings. The van der Waals surface area contributed by atoms with E-state index >= 15 is 0 Å². The molecule has 0 aromatic carbocycles. The van der Waals surface area contributed by atoms with Crippen LogP contribution in [0.3, 0.4) is 0 Å². The van der Waals surface area contributed by atoms with Gasteiger partial charge in [0.15, 0.2) is 0 Å². The Balaban J connectivity index is 2.00. The van der Waals surface area contributed by atoms with Gasteiger partial charge in [-0.2, -0.15) is 0 Å². The first-order valence-electron chi connectivity index (χ1n) is 8.16. The van der Waals surface area contributed by atoms with Gasteiger partial charge in [-0.1, -0.05) is 47.5 Å². The quantitative estimate of drug-likeness (QED) is 0.772. The third-order valence-electron chi connectivity index (χ3n) is 5.69. The summed E-state index contributed by atoms with van der Waals surface area (Å²) in [7, 11) is 0. The van der Waals surface area contributed by atoms with Gasteiger partial charge >= 0.3 is 0 Å². The first-order chi connectivity index (χ1) is 8.40. The van der Waals surface area contributed by atoms with Crippen LogP contribution in [0.15, 0.2) is 0 Å². The molecule has 1 heteroatoms. The van der Waals surface area contributed by atoms with E-state index in [1.165, 1.54) is 38.5 Å². The molecule has 0 aliphatic heterocycles. The molecule has 2 rings (SSSR count). The third kappa shape index (κ3) is 3.10. The maximum Gasteiger partial charge on any atom is 0.0121 e. The molecule has 2 aliphatic rings. The van der Waals surface area contributed by atoms with Crippen molar-refractivity contribution in [3.8, 4) is 0 Å². The van der Waals surface area contributed by atoms with Crippen molar-refractivity contribution in [2.24, 2.45) is 23.2 Å². The van der Waals surface area contributed by atoms with Crippen molar-refractivity contribution in [1.82, 2.24) is 5.32 Å². The average molecular weight is 251 g/mol. The van der Waals surface area contributed by atoms with Crippen LogP contribution in [0.5, 0.6) is 0 Å². The molecule has 0 heterocycles. The van der Waals surface area contributed by atoms with Gasteiger partial charge in [-0.25, -0.2) is 0 Å². The minimum atomic E-state index is 0.516. The molecule has 0 saturated heterocycles. The highest BCUT2D eigenvalue weighted by Gasteiger charge is 2.38. The largest absolute Gasteiger partial charge is 0.310 e. The van der Waals surface area contributed by atoms with Crippen LogP contribution in [0, 0.1) is 23.2 Å². The molecule has 0 radical (unpaired) electrons. The molecule has 0 aromatic heterocycles. The molecule has 1 N–H and O–H groups in total. The number of hydrogen-bond donors (Lipinski definition) is 1. The lowest BCUT2D eigenvalue weighted by molar-refractivity contribution is 0.137. The summed E-state index contributed by atoms with van der Waals surface area (Å²) in [5.74, 6) is 2.65. The summed E-state index contributed by atoms with van der Waals surface area (Å²) in [6, 6.07) is 1.53. The lowest BCUT2D eigenvalue weighted by Crippen LogP contribution is -2.50. The van der Waals surface area contributed by atoms with Crippen molar-refractivity contribution >= 4 is 0 Å². The van der Waals surface area contributed by atoms with E-state index in [0.717, 1.165) is 29.8 Å². The van der Waals surface area contributed by atoms with Crippen molar-refractivity contribution in [2.75, 3.05) is 0 Å². The predicted molar refractivity (Wildman–Crippen MR) is 79.7 cm³/mol. The Hall–Kier alpha value is -0.0400. The second kappa shape index (κ2) is 5.53. The Morgan fingerprint density at radius 3 is 2.39 bits per heavy atom. The average Bonchev–Trinajstić information content (AvgIpc) is 2.58.